The highest BCUT2D eigenvalue weighted by Gasteiger charge is 2.30. The number of aromatic nitrogens is 4. The molecular formula is C12H8F3N5O2. The van der Waals surface area contributed by atoms with E-state index in [9.17, 15) is 18.0 Å². The van der Waals surface area contributed by atoms with E-state index < -0.39 is 12.1 Å². The van der Waals surface area contributed by atoms with Crippen molar-refractivity contribution in [2.75, 3.05) is 5.32 Å². The maximum atomic E-state index is 12.1. The number of hydrogen-bond acceptors (Lipinski definition) is 5. The maximum absolute atomic E-state index is 12.1. The Bertz CT molecular complexity index is 854. The van der Waals surface area contributed by atoms with Gasteiger partial charge in [-0.1, -0.05) is 0 Å². The number of aromatic amines is 1. The third-order valence-corrected chi connectivity index (χ3v) is 2.63. The van der Waals surface area contributed by atoms with E-state index in [1.807, 2.05) is 0 Å². The minimum atomic E-state index is -4.73. The number of hydrogen-bond donors (Lipinski definition) is 2. The van der Waals surface area contributed by atoms with Gasteiger partial charge in [-0.05, 0) is 36.4 Å². The van der Waals surface area contributed by atoms with E-state index in [0.717, 1.165) is 4.52 Å². The standard InChI is InChI=1S/C12H8F3N5O2/c13-12(14,15)22-8-3-1-7(2-4-8)16-9-5-6-10-17-18-11(21)20(10)19-9/h1-6H,(H,16,19)(H,18,21). The summed E-state index contributed by atoms with van der Waals surface area (Å²) in [5.74, 6) is 0.00741. The molecule has 0 amide bonds. The van der Waals surface area contributed by atoms with Crippen LogP contribution in [-0.4, -0.2) is 26.2 Å². The molecule has 0 atom stereocenters. The molecule has 2 heterocycles. The van der Waals surface area contributed by atoms with Crippen LogP contribution in [0.1, 0.15) is 0 Å². The summed E-state index contributed by atoms with van der Waals surface area (Å²) in [6, 6.07) is 8.26. The lowest BCUT2D eigenvalue weighted by molar-refractivity contribution is -0.274. The number of H-pyrrole nitrogens is 1. The molecule has 0 aliphatic heterocycles. The van der Waals surface area contributed by atoms with Crippen molar-refractivity contribution in [2.24, 2.45) is 0 Å². The molecule has 0 saturated carbocycles. The van der Waals surface area contributed by atoms with Crippen molar-refractivity contribution >= 4 is 17.2 Å². The second-order valence-corrected chi connectivity index (χ2v) is 4.21. The summed E-state index contributed by atoms with van der Waals surface area (Å²) in [5.41, 5.74) is 0.343. The smallest absolute Gasteiger partial charge is 0.406 e. The van der Waals surface area contributed by atoms with Crippen molar-refractivity contribution in [1.82, 2.24) is 19.8 Å². The highest BCUT2D eigenvalue weighted by atomic mass is 19.4. The molecule has 0 radical (unpaired) electrons. The van der Waals surface area contributed by atoms with Gasteiger partial charge in [0.15, 0.2) is 11.5 Å². The van der Waals surface area contributed by atoms with E-state index >= 15 is 0 Å². The van der Waals surface area contributed by atoms with Crippen molar-refractivity contribution in [3.05, 3.63) is 46.9 Å². The zero-order valence-electron chi connectivity index (χ0n) is 10.8. The Hall–Kier alpha value is -3.04. The Morgan fingerprint density at radius 3 is 2.55 bits per heavy atom. The van der Waals surface area contributed by atoms with Gasteiger partial charge in [0.05, 0.1) is 0 Å². The fraction of sp³-hybridized carbons (Fsp3) is 0.0833. The van der Waals surface area contributed by atoms with Crippen LogP contribution in [0.5, 0.6) is 5.75 Å². The van der Waals surface area contributed by atoms with Crippen molar-refractivity contribution in [3.8, 4) is 5.75 Å². The lowest BCUT2D eigenvalue weighted by atomic mass is 10.3. The van der Waals surface area contributed by atoms with Gasteiger partial charge in [-0.15, -0.1) is 18.3 Å². The lowest BCUT2D eigenvalue weighted by Crippen LogP contribution is -2.17. The van der Waals surface area contributed by atoms with Gasteiger partial charge in [-0.3, -0.25) is 0 Å². The van der Waals surface area contributed by atoms with Crippen molar-refractivity contribution in [1.29, 1.82) is 0 Å². The molecule has 0 aliphatic carbocycles. The molecule has 0 unspecified atom stereocenters. The van der Waals surface area contributed by atoms with E-state index in [1.54, 1.807) is 12.1 Å². The van der Waals surface area contributed by atoms with Crippen LogP contribution < -0.4 is 15.7 Å². The summed E-state index contributed by atoms with van der Waals surface area (Å²) < 4.78 is 41.0. The van der Waals surface area contributed by atoms with E-state index in [4.69, 9.17) is 0 Å². The Balaban J connectivity index is 1.79. The number of ether oxygens (including phenoxy) is 1. The van der Waals surface area contributed by atoms with Crippen LogP contribution in [0.15, 0.2) is 41.2 Å². The molecule has 2 aromatic heterocycles. The number of anilines is 2. The number of halogens is 3. The number of rotatable bonds is 3. The number of alkyl halides is 3. The van der Waals surface area contributed by atoms with Gasteiger partial charge in [0, 0.05) is 5.69 Å². The predicted molar refractivity (Wildman–Crippen MR) is 70.0 cm³/mol. The molecule has 1 aromatic carbocycles. The van der Waals surface area contributed by atoms with Gasteiger partial charge >= 0.3 is 12.1 Å². The molecule has 2 N–H and O–H groups in total. The van der Waals surface area contributed by atoms with Crippen molar-refractivity contribution < 1.29 is 17.9 Å². The monoisotopic (exact) mass is 311 g/mol. The zero-order chi connectivity index (χ0) is 15.7. The SMILES string of the molecule is O=c1[nH]nc2ccc(Nc3ccc(OC(F)(F)F)cc3)nn12. The number of benzene rings is 1. The summed E-state index contributed by atoms with van der Waals surface area (Å²) >= 11 is 0. The third-order valence-electron chi connectivity index (χ3n) is 2.63. The molecule has 0 saturated heterocycles. The summed E-state index contributed by atoms with van der Waals surface area (Å²) in [6.07, 6.45) is -4.73. The Kier molecular flexibility index (Phi) is 3.20. The number of nitrogens with one attached hydrogen (secondary N) is 2. The molecule has 10 heteroatoms. The molecular weight excluding hydrogens is 303 g/mol. The quantitative estimate of drug-likeness (QED) is 0.773. The first-order chi connectivity index (χ1) is 10.4. The van der Waals surface area contributed by atoms with Gasteiger partial charge in [0.25, 0.3) is 0 Å². The van der Waals surface area contributed by atoms with Crippen LogP contribution >= 0.6 is 0 Å². The fourth-order valence-corrected chi connectivity index (χ4v) is 1.76. The minimum absolute atomic E-state index is 0.326. The highest BCUT2D eigenvalue weighted by molar-refractivity contribution is 5.57. The number of fused-ring (bicyclic) bond motifs is 1. The molecule has 0 fully saturated rings. The van der Waals surface area contributed by atoms with Crippen LogP contribution in [0.4, 0.5) is 24.7 Å². The van der Waals surface area contributed by atoms with Gasteiger partial charge in [-0.25, -0.2) is 9.89 Å². The molecule has 0 spiro atoms. The molecule has 114 valence electrons. The van der Waals surface area contributed by atoms with Crippen LogP contribution in [0.2, 0.25) is 0 Å². The minimum Gasteiger partial charge on any atom is -0.406 e. The maximum Gasteiger partial charge on any atom is 0.573 e. The fourth-order valence-electron chi connectivity index (χ4n) is 1.76. The normalized spacial score (nSPS) is 11.6. The average Bonchev–Trinajstić information content (AvgIpc) is 2.81. The van der Waals surface area contributed by atoms with Gasteiger partial charge in [0.2, 0.25) is 0 Å². The molecule has 7 nitrogen and oxygen atoms in total. The Morgan fingerprint density at radius 1 is 1.14 bits per heavy atom. The lowest BCUT2D eigenvalue weighted by Gasteiger charge is -2.10. The summed E-state index contributed by atoms with van der Waals surface area (Å²) in [6.45, 7) is 0. The highest BCUT2D eigenvalue weighted by Crippen LogP contribution is 2.24. The van der Waals surface area contributed by atoms with E-state index in [0.29, 0.717) is 17.2 Å². The first-order valence-corrected chi connectivity index (χ1v) is 5.98. The predicted octanol–water partition coefficient (Wildman–Crippen LogP) is 2.06. The first kappa shape index (κ1) is 13.9. The second kappa shape index (κ2) is 5.06. The average molecular weight is 311 g/mol. The molecule has 3 rings (SSSR count). The summed E-state index contributed by atoms with van der Waals surface area (Å²) in [4.78, 5) is 11.4. The first-order valence-electron chi connectivity index (χ1n) is 5.98. The van der Waals surface area contributed by atoms with Gasteiger partial charge in [0.1, 0.15) is 5.75 Å². The topological polar surface area (TPSA) is 84.3 Å². The molecule has 0 aliphatic rings. The van der Waals surface area contributed by atoms with E-state index in [-0.39, 0.29) is 5.75 Å². The van der Waals surface area contributed by atoms with E-state index in [2.05, 4.69) is 25.3 Å². The Morgan fingerprint density at radius 2 is 1.86 bits per heavy atom. The number of nitrogens with zero attached hydrogens (tertiary/aromatic N) is 3. The van der Waals surface area contributed by atoms with Gasteiger partial charge in [-0.2, -0.15) is 9.61 Å². The van der Waals surface area contributed by atoms with Crippen LogP contribution in [0.3, 0.4) is 0 Å². The van der Waals surface area contributed by atoms with Crippen molar-refractivity contribution in [2.45, 2.75) is 6.36 Å². The van der Waals surface area contributed by atoms with Gasteiger partial charge < -0.3 is 10.1 Å². The Labute approximate surface area is 120 Å². The third kappa shape index (κ3) is 3.00. The van der Waals surface area contributed by atoms with Crippen LogP contribution in [-0.2, 0) is 0 Å². The van der Waals surface area contributed by atoms with Crippen LogP contribution in [0, 0.1) is 0 Å². The molecule has 0 bridgehead atoms. The summed E-state index contributed by atoms with van der Waals surface area (Å²) in [5, 5.41) is 12.8. The zero-order valence-corrected chi connectivity index (χ0v) is 10.8. The molecule has 3 aromatic rings. The summed E-state index contributed by atoms with van der Waals surface area (Å²) in [7, 11) is 0. The largest absolute Gasteiger partial charge is 0.573 e. The molecule has 22 heavy (non-hydrogen) atoms. The van der Waals surface area contributed by atoms with Crippen LogP contribution in [0.25, 0.3) is 5.65 Å². The van der Waals surface area contributed by atoms with E-state index in [1.165, 1.54) is 24.3 Å². The van der Waals surface area contributed by atoms with Crippen molar-refractivity contribution in [3.63, 3.8) is 0 Å². The second-order valence-electron chi connectivity index (χ2n) is 4.21.